The molecule has 0 unspecified atom stereocenters. The van der Waals surface area contributed by atoms with E-state index in [1.165, 1.54) is 12.7 Å². The summed E-state index contributed by atoms with van der Waals surface area (Å²) in [6.45, 7) is 0. The lowest BCUT2D eigenvalue weighted by molar-refractivity contribution is 0.881. The van der Waals surface area contributed by atoms with Gasteiger partial charge in [0.25, 0.3) is 0 Å². The molecule has 0 N–H and O–H groups in total. The number of alkyl halides is 2. The zero-order chi connectivity index (χ0) is 7.40. The number of hydrogen-bond donors (Lipinski definition) is 0. The molecule has 1 aromatic heterocycles. The molecule has 0 bridgehead atoms. The Morgan fingerprint density at radius 1 is 1.30 bits per heavy atom. The van der Waals surface area contributed by atoms with E-state index in [4.69, 9.17) is 23.2 Å². The fourth-order valence-electron chi connectivity index (χ4n) is 0.507. The average Bonchev–Trinajstić information content (AvgIpc) is 1.88. The minimum absolute atomic E-state index is 0.442. The van der Waals surface area contributed by atoms with Gasteiger partial charge in [0.05, 0.1) is 0 Å². The van der Waals surface area contributed by atoms with E-state index in [-0.39, 0.29) is 0 Å². The Hall–Kier alpha value is -0.410. The van der Waals surface area contributed by atoms with E-state index in [9.17, 15) is 0 Å². The van der Waals surface area contributed by atoms with Gasteiger partial charge in [0.1, 0.15) is 23.3 Å². The fraction of sp³-hybridized carbons (Fsp3) is 0.400. The van der Waals surface area contributed by atoms with Crippen LogP contribution in [0, 0.1) is 0 Å². The number of aromatic nitrogens is 3. The first-order valence-corrected chi connectivity index (χ1v) is 3.55. The van der Waals surface area contributed by atoms with Crippen molar-refractivity contribution >= 4 is 23.2 Å². The largest absolute Gasteiger partial charge is 0.225 e. The summed E-state index contributed by atoms with van der Waals surface area (Å²) in [7, 11) is 0. The van der Waals surface area contributed by atoms with E-state index < -0.39 is 4.84 Å². The van der Waals surface area contributed by atoms with Crippen LogP contribution < -0.4 is 0 Å². The first-order chi connectivity index (χ1) is 4.79. The summed E-state index contributed by atoms with van der Waals surface area (Å²) >= 11 is 11.0. The topological polar surface area (TPSA) is 38.7 Å². The molecule has 54 valence electrons. The quantitative estimate of drug-likeness (QED) is 0.639. The van der Waals surface area contributed by atoms with Crippen molar-refractivity contribution in [1.82, 2.24) is 15.0 Å². The Morgan fingerprint density at radius 3 is 2.40 bits per heavy atom. The van der Waals surface area contributed by atoms with Crippen molar-refractivity contribution < 1.29 is 0 Å². The van der Waals surface area contributed by atoms with Crippen molar-refractivity contribution in [3.8, 4) is 0 Å². The summed E-state index contributed by atoms with van der Waals surface area (Å²) in [5.74, 6) is 0.616. The van der Waals surface area contributed by atoms with E-state index in [0.29, 0.717) is 12.2 Å². The van der Waals surface area contributed by atoms with Crippen LogP contribution in [0.2, 0.25) is 0 Å². The van der Waals surface area contributed by atoms with Gasteiger partial charge in [-0.1, -0.05) is 0 Å². The lowest BCUT2D eigenvalue weighted by Crippen LogP contribution is -2.00. The number of rotatable bonds is 2. The van der Waals surface area contributed by atoms with Crippen LogP contribution in [-0.4, -0.2) is 19.8 Å². The lowest BCUT2D eigenvalue weighted by Gasteiger charge is -1.96. The molecule has 0 fully saturated rings. The van der Waals surface area contributed by atoms with Crippen molar-refractivity contribution in [3.63, 3.8) is 0 Å². The minimum Gasteiger partial charge on any atom is -0.225 e. The van der Waals surface area contributed by atoms with Crippen molar-refractivity contribution in [2.75, 3.05) is 0 Å². The summed E-state index contributed by atoms with van der Waals surface area (Å²) in [6, 6.07) is 0. The predicted octanol–water partition coefficient (Wildman–Crippen LogP) is 1.22. The van der Waals surface area contributed by atoms with Crippen molar-refractivity contribution in [2.45, 2.75) is 11.3 Å². The highest BCUT2D eigenvalue weighted by Gasteiger charge is 2.01. The highest BCUT2D eigenvalue weighted by Crippen LogP contribution is 2.06. The lowest BCUT2D eigenvalue weighted by atomic mass is 10.4. The van der Waals surface area contributed by atoms with Gasteiger partial charge >= 0.3 is 0 Å². The molecule has 0 amide bonds. The first-order valence-electron chi connectivity index (χ1n) is 2.68. The third-order valence-corrected chi connectivity index (χ3v) is 1.19. The van der Waals surface area contributed by atoms with Crippen LogP contribution in [0.3, 0.4) is 0 Å². The molecule has 1 aromatic rings. The summed E-state index contributed by atoms with van der Waals surface area (Å²) in [5, 5.41) is 0. The van der Waals surface area contributed by atoms with E-state index >= 15 is 0 Å². The maximum Gasteiger partial charge on any atom is 0.134 e. The van der Waals surface area contributed by atoms with E-state index in [1.807, 2.05) is 0 Å². The maximum absolute atomic E-state index is 5.48. The Kier molecular flexibility index (Phi) is 2.83. The van der Waals surface area contributed by atoms with Gasteiger partial charge in [0.2, 0.25) is 0 Å². The molecule has 0 aromatic carbocycles. The van der Waals surface area contributed by atoms with Gasteiger partial charge in [-0.15, -0.1) is 23.2 Å². The zero-order valence-electron chi connectivity index (χ0n) is 5.04. The Bertz CT molecular complexity index is 189. The second-order valence-electron chi connectivity index (χ2n) is 1.65. The molecule has 0 spiro atoms. The van der Waals surface area contributed by atoms with Crippen LogP contribution in [0.1, 0.15) is 5.82 Å². The molecule has 0 aliphatic carbocycles. The maximum atomic E-state index is 5.48. The van der Waals surface area contributed by atoms with Gasteiger partial charge in [0, 0.05) is 6.42 Å². The SMILES string of the molecule is ClC(Cl)Cc1ncncn1. The Labute approximate surface area is 68.4 Å². The Morgan fingerprint density at radius 2 is 1.90 bits per heavy atom. The van der Waals surface area contributed by atoms with Crippen molar-refractivity contribution in [1.29, 1.82) is 0 Å². The summed E-state index contributed by atoms with van der Waals surface area (Å²) in [6.07, 6.45) is 3.29. The van der Waals surface area contributed by atoms with E-state index in [1.54, 1.807) is 0 Å². The predicted molar refractivity (Wildman–Crippen MR) is 39.0 cm³/mol. The van der Waals surface area contributed by atoms with Gasteiger partial charge < -0.3 is 0 Å². The zero-order valence-corrected chi connectivity index (χ0v) is 6.55. The van der Waals surface area contributed by atoms with Crippen LogP contribution >= 0.6 is 23.2 Å². The van der Waals surface area contributed by atoms with Gasteiger partial charge in [-0.2, -0.15) is 0 Å². The van der Waals surface area contributed by atoms with Crippen molar-refractivity contribution in [3.05, 3.63) is 18.5 Å². The second-order valence-corrected chi connectivity index (χ2v) is 2.93. The molecule has 0 aliphatic heterocycles. The van der Waals surface area contributed by atoms with Crippen LogP contribution in [0.5, 0.6) is 0 Å². The van der Waals surface area contributed by atoms with Gasteiger partial charge in [0.15, 0.2) is 0 Å². The van der Waals surface area contributed by atoms with Crippen LogP contribution in [0.15, 0.2) is 12.7 Å². The van der Waals surface area contributed by atoms with Gasteiger partial charge in [-0.05, 0) is 0 Å². The average molecular weight is 178 g/mol. The summed E-state index contributed by atoms with van der Waals surface area (Å²) in [4.78, 5) is 10.9. The highest BCUT2D eigenvalue weighted by molar-refractivity contribution is 6.44. The smallest absolute Gasteiger partial charge is 0.134 e. The molecule has 0 atom stereocenters. The number of nitrogens with zero attached hydrogens (tertiary/aromatic N) is 3. The molecule has 10 heavy (non-hydrogen) atoms. The van der Waals surface area contributed by atoms with Crippen LogP contribution in [0.25, 0.3) is 0 Å². The molecule has 0 aliphatic rings. The van der Waals surface area contributed by atoms with E-state index in [0.717, 1.165) is 0 Å². The minimum atomic E-state index is -0.442. The molecule has 1 rings (SSSR count). The van der Waals surface area contributed by atoms with Crippen LogP contribution in [-0.2, 0) is 6.42 Å². The Balaban J connectivity index is 2.59. The van der Waals surface area contributed by atoms with E-state index in [2.05, 4.69) is 15.0 Å². The van der Waals surface area contributed by atoms with Crippen LogP contribution in [0.4, 0.5) is 0 Å². The molecule has 0 saturated heterocycles. The molecule has 0 radical (unpaired) electrons. The number of hydrogen-bond acceptors (Lipinski definition) is 3. The molecule has 3 nitrogen and oxygen atoms in total. The normalized spacial score (nSPS) is 10.3. The molecule has 0 saturated carbocycles. The molecule has 5 heteroatoms. The van der Waals surface area contributed by atoms with Crippen molar-refractivity contribution in [2.24, 2.45) is 0 Å². The standard InChI is InChI=1S/C5H5Cl2N3/c6-4(7)1-5-9-2-8-3-10-5/h2-4H,1H2. The monoisotopic (exact) mass is 177 g/mol. The number of halogens is 2. The van der Waals surface area contributed by atoms with Gasteiger partial charge in [-0.3, -0.25) is 0 Å². The third-order valence-electron chi connectivity index (χ3n) is 0.884. The third kappa shape index (κ3) is 2.45. The summed E-state index contributed by atoms with van der Waals surface area (Å²) in [5.41, 5.74) is 0. The first kappa shape index (κ1) is 7.69. The molecular formula is C5H5Cl2N3. The van der Waals surface area contributed by atoms with Gasteiger partial charge in [-0.25, -0.2) is 15.0 Å². The molecular weight excluding hydrogens is 173 g/mol. The molecule has 1 heterocycles. The fourth-order valence-corrected chi connectivity index (χ4v) is 0.783. The highest BCUT2D eigenvalue weighted by atomic mass is 35.5. The second kappa shape index (κ2) is 3.68. The summed E-state index contributed by atoms with van der Waals surface area (Å²) < 4.78 is 0.